The lowest BCUT2D eigenvalue weighted by atomic mass is 10.0. The summed E-state index contributed by atoms with van der Waals surface area (Å²) >= 11 is 1.95. The van der Waals surface area contributed by atoms with Crippen LogP contribution in [0, 0.1) is 0 Å². The summed E-state index contributed by atoms with van der Waals surface area (Å²) < 4.78 is 1.88. The SMILES string of the molecule is Cn1cc(CNC2CCSc3ccccc32)c(-c2cccnc2)n1. The average molecular weight is 336 g/mol. The molecule has 0 aliphatic carbocycles. The maximum atomic E-state index is 4.62. The van der Waals surface area contributed by atoms with E-state index >= 15 is 0 Å². The number of thioether (sulfide) groups is 1. The first-order valence-corrected chi connectivity index (χ1v) is 9.18. The number of hydrogen-bond acceptors (Lipinski definition) is 4. The van der Waals surface area contributed by atoms with Gasteiger partial charge in [0.15, 0.2) is 0 Å². The van der Waals surface area contributed by atoms with Gasteiger partial charge in [0.25, 0.3) is 0 Å². The number of nitrogens with one attached hydrogen (secondary N) is 1. The lowest BCUT2D eigenvalue weighted by molar-refractivity contribution is 0.510. The molecule has 4 nitrogen and oxygen atoms in total. The minimum Gasteiger partial charge on any atom is -0.306 e. The molecule has 1 atom stereocenters. The van der Waals surface area contributed by atoms with Gasteiger partial charge in [0.05, 0.1) is 5.69 Å². The first-order valence-electron chi connectivity index (χ1n) is 8.19. The second-order valence-corrected chi connectivity index (χ2v) is 7.16. The van der Waals surface area contributed by atoms with E-state index in [4.69, 9.17) is 0 Å². The van der Waals surface area contributed by atoms with E-state index in [0.717, 1.165) is 30.0 Å². The zero-order valence-corrected chi connectivity index (χ0v) is 14.5. The maximum absolute atomic E-state index is 4.62. The van der Waals surface area contributed by atoms with E-state index in [9.17, 15) is 0 Å². The van der Waals surface area contributed by atoms with Crippen LogP contribution >= 0.6 is 11.8 Å². The van der Waals surface area contributed by atoms with E-state index in [1.807, 2.05) is 35.8 Å². The molecule has 1 aliphatic rings. The van der Waals surface area contributed by atoms with Crippen LogP contribution in [0.15, 0.2) is 59.9 Å². The van der Waals surface area contributed by atoms with Gasteiger partial charge in [-0.2, -0.15) is 5.10 Å². The van der Waals surface area contributed by atoms with E-state index in [-0.39, 0.29) is 0 Å². The largest absolute Gasteiger partial charge is 0.306 e. The Morgan fingerprint density at radius 3 is 3.04 bits per heavy atom. The number of fused-ring (bicyclic) bond motifs is 1. The van der Waals surface area contributed by atoms with Crippen molar-refractivity contribution in [2.24, 2.45) is 7.05 Å². The van der Waals surface area contributed by atoms with Crippen LogP contribution in [0.4, 0.5) is 0 Å². The van der Waals surface area contributed by atoms with Crippen molar-refractivity contribution in [3.05, 3.63) is 66.1 Å². The maximum Gasteiger partial charge on any atom is 0.0983 e. The van der Waals surface area contributed by atoms with Crippen molar-refractivity contribution in [1.29, 1.82) is 0 Å². The van der Waals surface area contributed by atoms with Crippen LogP contribution in [0.3, 0.4) is 0 Å². The predicted octanol–water partition coefficient (Wildman–Crippen LogP) is 3.81. The molecule has 24 heavy (non-hydrogen) atoms. The lowest BCUT2D eigenvalue weighted by Crippen LogP contribution is -2.24. The molecule has 1 unspecified atom stereocenters. The van der Waals surface area contributed by atoms with Gasteiger partial charge >= 0.3 is 0 Å². The van der Waals surface area contributed by atoms with Crippen LogP contribution in [0.1, 0.15) is 23.6 Å². The van der Waals surface area contributed by atoms with E-state index in [1.165, 1.54) is 16.0 Å². The van der Waals surface area contributed by atoms with Crippen molar-refractivity contribution in [1.82, 2.24) is 20.1 Å². The molecule has 0 fully saturated rings. The number of nitrogens with zero attached hydrogens (tertiary/aromatic N) is 3. The summed E-state index contributed by atoms with van der Waals surface area (Å²) in [6.45, 7) is 0.807. The normalized spacial score (nSPS) is 16.8. The van der Waals surface area contributed by atoms with Crippen molar-refractivity contribution >= 4 is 11.8 Å². The molecule has 2 aromatic heterocycles. The first-order chi connectivity index (χ1) is 11.8. The quantitative estimate of drug-likeness (QED) is 0.787. The molecule has 0 saturated carbocycles. The van der Waals surface area contributed by atoms with Crippen LogP contribution in [0.2, 0.25) is 0 Å². The molecule has 1 aliphatic heterocycles. The van der Waals surface area contributed by atoms with Crippen LogP contribution in [0.5, 0.6) is 0 Å². The molecule has 1 aromatic carbocycles. The van der Waals surface area contributed by atoms with Gasteiger partial charge in [-0.1, -0.05) is 18.2 Å². The summed E-state index contributed by atoms with van der Waals surface area (Å²) in [6.07, 6.45) is 6.92. The van der Waals surface area contributed by atoms with Crippen molar-refractivity contribution in [3.63, 3.8) is 0 Å². The molecule has 1 N–H and O–H groups in total. The van der Waals surface area contributed by atoms with Gasteiger partial charge in [-0.25, -0.2) is 0 Å². The molecule has 0 spiro atoms. The zero-order valence-electron chi connectivity index (χ0n) is 13.6. The Morgan fingerprint density at radius 1 is 1.25 bits per heavy atom. The Kier molecular flexibility index (Phi) is 4.36. The van der Waals surface area contributed by atoms with E-state index in [2.05, 4.69) is 51.9 Å². The highest BCUT2D eigenvalue weighted by Gasteiger charge is 2.20. The average Bonchev–Trinajstić information content (AvgIpc) is 3.01. The number of pyridine rings is 1. The minimum absolute atomic E-state index is 0.407. The fourth-order valence-electron chi connectivity index (χ4n) is 3.20. The molecule has 3 heterocycles. The van der Waals surface area contributed by atoms with E-state index in [1.54, 1.807) is 6.20 Å². The summed E-state index contributed by atoms with van der Waals surface area (Å²) in [5.74, 6) is 1.16. The van der Waals surface area contributed by atoms with Gasteiger partial charge in [0, 0.05) is 54.2 Å². The molecule has 5 heteroatoms. The van der Waals surface area contributed by atoms with Crippen molar-refractivity contribution in [3.8, 4) is 11.3 Å². The van der Waals surface area contributed by atoms with Gasteiger partial charge < -0.3 is 5.32 Å². The molecule has 3 aromatic rings. The van der Waals surface area contributed by atoms with Crippen molar-refractivity contribution in [2.45, 2.75) is 23.9 Å². The minimum atomic E-state index is 0.407. The summed E-state index contributed by atoms with van der Waals surface area (Å²) in [4.78, 5) is 5.62. The monoisotopic (exact) mass is 336 g/mol. The highest BCUT2D eigenvalue weighted by molar-refractivity contribution is 7.99. The third kappa shape index (κ3) is 3.09. The molecule has 0 radical (unpaired) electrons. The fraction of sp³-hybridized carbons (Fsp3) is 0.263. The predicted molar refractivity (Wildman–Crippen MR) is 97.8 cm³/mol. The van der Waals surface area contributed by atoms with Gasteiger partial charge in [-0.05, 0) is 35.9 Å². The van der Waals surface area contributed by atoms with Crippen LogP contribution < -0.4 is 5.32 Å². The summed E-state index contributed by atoms with van der Waals surface area (Å²) in [6, 6.07) is 13.1. The van der Waals surface area contributed by atoms with Crippen LogP contribution in [0.25, 0.3) is 11.3 Å². The van der Waals surface area contributed by atoms with E-state index in [0.29, 0.717) is 6.04 Å². The Labute approximate surface area is 146 Å². The zero-order chi connectivity index (χ0) is 16.4. The molecular formula is C19H20N4S. The third-order valence-corrected chi connectivity index (χ3v) is 5.46. The molecule has 4 rings (SSSR count). The number of benzene rings is 1. The molecule has 122 valence electrons. The third-order valence-electron chi connectivity index (χ3n) is 4.34. The van der Waals surface area contributed by atoms with Crippen molar-refractivity contribution < 1.29 is 0 Å². The van der Waals surface area contributed by atoms with E-state index < -0.39 is 0 Å². The number of rotatable bonds is 4. The van der Waals surface area contributed by atoms with Gasteiger partial charge in [0.1, 0.15) is 0 Å². The second kappa shape index (κ2) is 6.79. The van der Waals surface area contributed by atoms with Crippen LogP contribution in [-0.2, 0) is 13.6 Å². The Bertz CT molecular complexity index is 828. The number of aryl methyl sites for hydroxylation is 1. The number of aromatic nitrogens is 3. The summed E-state index contributed by atoms with van der Waals surface area (Å²) in [5, 5.41) is 8.35. The molecular weight excluding hydrogens is 316 g/mol. The molecule has 0 saturated heterocycles. The second-order valence-electron chi connectivity index (χ2n) is 6.03. The van der Waals surface area contributed by atoms with Crippen molar-refractivity contribution in [2.75, 3.05) is 5.75 Å². The highest BCUT2D eigenvalue weighted by Crippen LogP contribution is 2.36. The fourth-order valence-corrected chi connectivity index (χ4v) is 4.33. The smallest absolute Gasteiger partial charge is 0.0983 e. The highest BCUT2D eigenvalue weighted by atomic mass is 32.2. The number of hydrogen-bond donors (Lipinski definition) is 1. The Hall–Kier alpha value is -2.11. The summed E-state index contributed by atoms with van der Waals surface area (Å²) in [7, 11) is 1.97. The summed E-state index contributed by atoms with van der Waals surface area (Å²) in [5.41, 5.74) is 4.70. The first kappa shape index (κ1) is 15.4. The Balaban J connectivity index is 1.56. The van der Waals surface area contributed by atoms with Gasteiger partial charge in [-0.3, -0.25) is 9.67 Å². The lowest BCUT2D eigenvalue weighted by Gasteiger charge is -2.26. The van der Waals surface area contributed by atoms with Gasteiger partial charge in [-0.15, -0.1) is 11.8 Å². The Morgan fingerprint density at radius 2 is 2.17 bits per heavy atom. The molecule has 0 bridgehead atoms. The topological polar surface area (TPSA) is 42.7 Å². The molecule has 0 amide bonds. The van der Waals surface area contributed by atoms with Gasteiger partial charge in [0.2, 0.25) is 0 Å². The standard InChI is InChI=1S/C19H20N4S/c1-23-13-15(19(22-23)14-5-4-9-20-11-14)12-21-17-8-10-24-18-7-3-2-6-16(17)18/h2-7,9,11,13,17,21H,8,10,12H2,1H3. The van der Waals surface area contributed by atoms with Crippen LogP contribution in [-0.4, -0.2) is 20.5 Å².